The fourth-order valence-corrected chi connectivity index (χ4v) is 4.42. The molecule has 0 aliphatic carbocycles. The summed E-state index contributed by atoms with van der Waals surface area (Å²) in [7, 11) is -3.79. The van der Waals surface area contributed by atoms with Gasteiger partial charge in [0.15, 0.2) is 5.13 Å². The zero-order valence-corrected chi connectivity index (χ0v) is 17.8. The Morgan fingerprint density at radius 2 is 1.63 bits per heavy atom. The van der Waals surface area contributed by atoms with Crippen LogP contribution in [0, 0.1) is 13.8 Å². The first-order valence-electron chi connectivity index (χ1n) is 8.98. The number of nitrogens with one attached hydrogen (secondary N) is 2. The number of anilines is 3. The summed E-state index contributed by atoms with van der Waals surface area (Å²) < 4.78 is 27.7. The summed E-state index contributed by atoms with van der Waals surface area (Å²) in [6, 6.07) is 13.8. The molecule has 0 amide bonds. The van der Waals surface area contributed by atoms with Crippen molar-refractivity contribution in [3.63, 3.8) is 0 Å². The topological polar surface area (TPSA) is 110 Å². The van der Waals surface area contributed by atoms with Crippen molar-refractivity contribution in [2.24, 2.45) is 0 Å². The highest BCUT2D eigenvalue weighted by atomic mass is 32.2. The van der Waals surface area contributed by atoms with Crippen molar-refractivity contribution in [3.05, 3.63) is 71.5 Å². The lowest BCUT2D eigenvalue weighted by atomic mass is 10.3. The Labute approximate surface area is 178 Å². The second-order valence-electron chi connectivity index (χ2n) is 6.48. The molecule has 152 valence electrons. The molecule has 0 fully saturated rings. The minimum absolute atomic E-state index is 0.0551. The molecule has 0 bridgehead atoms. The first kappa shape index (κ1) is 19.9. The van der Waals surface area contributed by atoms with Crippen LogP contribution in [-0.4, -0.2) is 28.4 Å². The third kappa shape index (κ3) is 4.61. The molecule has 0 saturated carbocycles. The average Bonchev–Trinajstić information content (AvgIpc) is 3.16. The molecule has 0 atom stereocenters. The average molecular weight is 439 g/mol. The lowest BCUT2D eigenvalue weighted by molar-refractivity contribution is 0.601. The van der Waals surface area contributed by atoms with Gasteiger partial charge < -0.3 is 5.32 Å². The Hall–Kier alpha value is -3.37. The van der Waals surface area contributed by atoms with E-state index in [0.29, 0.717) is 16.5 Å². The molecule has 1 aromatic carbocycles. The Balaban J connectivity index is 1.48. The summed E-state index contributed by atoms with van der Waals surface area (Å²) in [6.07, 6.45) is 1.72. The fraction of sp³-hybridized carbons (Fsp3) is 0.100. The van der Waals surface area contributed by atoms with E-state index >= 15 is 0 Å². The molecule has 8 nitrogen and oxygen atoms in total. The maximum absolute atomic E-state index is 12.6. The second-order valence-corrected chi connectivity index (χ2v) is 9.02. The Bertz CT molecular complexity index is 1250. The Morgan fingerprint density at radius 3 is 2.30 bits per heavy atom. The summed E-state index contributed by atoms with van der Waals surface area (Å²) in [6.45, 7) is 3.57. The molecule has 30 heavy (non-hydrogen) atoms. The number of sulfonamides is 1. The molecule has 0 aliphatic heterocycles. The van der Waals surface area contributed by atoms with Gasteiger partial charge in [-0.25, -0.2) is 28.1 Å². The van der Waals surface area contributed by atoms with E-state index in [0.717, 1.165) is 17.1 Å². The van der Waals surface area contributed by atoms with E-state index < -0.39 is 10.0 Å². The van der Waals surface area contributed by atoms with Crippen LogP contribution in [0.1, 0.15) is 11.4 Å². The Morgan fingerprint density at radius 1 is 0.900 bits per heavy atom. The standard InChI is InChI=1S/C20H18N6O2S2/c1-13-11-14(2)23-19(22-13)26-30(27,28)16-8-6-15(7-9-16)24-20-25-18(12-29-20)17-5-3-4-10-21-17/h3-12H,1-2H3,(H,24,25)(H,22,23,26). The number of nitrogens with zero attached hydrogens (tertiary/aromatic N) is 4. The molecular weight excluding hydrogens is 420 g/mol. The fourth-order valence-electron chi connectivity index (χ4n) is 2.75. The molecule has 0 saturated heterocycles. The van der Waals surface area contributed by atoms with Gasteiger partial charge in [-0.15, -0.1) is 11.3 Å². The normalized spacial score (nSPS) is 11.3. The van der Waals surface area contributed by atoms with Crippen LogP contribution in [0.25, 0.3) is 11.4 Å². The number of hydrogen-bond acceptors (Lipinski definition) is 8. The van der Waals surface area contributed by atoms with Crippen LogP contribution >= 0.6 is 11.3 Å². The van der Waals surface area contributed by atoms with E-state index in [4.69, 9.17) is 0 Å². The van der Waals surface area contributed by atoms with E-state index in [1.807, 2.05) is 23.6 Å². The molecule has 0 unspecified atom stereocenters. The van der Waals surface area contributed by atoms with Gasteiger partial charge in [0.1, 0.15) is 5.69 Å². The van der Waals surface area contributed by atoms with E-state index in [-0.39, 0.29) is 10.8 Å². The summed E-state index contributed by atoms with van der Waals surface area (Å²) >= 11 is 1.44. The van der Waals surface area contributed by atoms with Crippen molar-refractivity contribution in [1.82, 2.24) is 19.9 Å². The molecule has 4 rings (SSSR count). The zero-order chi connectivity index (χ0) is 21.1. The molecule has 3 heterocycles. The minimum Gasteiger partial charge on any atom is -0.332 e. The van der Waals surface area contributed by atoms with Crippen LogP contribution in [0.5, 0.6) is 0 Å². The molecule has 0 spiro atoms. The predicted octanol–water partition coefficient (Wildman–Crippen LogP) is 4.16. The number of aryl methyl sites for hydroxylation is 2. The first-order valence-corrected chi connectivity index (χ1v) is 11.3. The van der Waals surface area contributed by atoms with Gasteiger partial charge in [-0.2, -0.15) is 0 Å². The van der Waals surface area contributed by atoms with E-state index in [1.54, 1.807) is 38.2 Å². The summed E-state index contributed by atoms with van der Waals surface area (Å²) in [5.41, 5.74) is 3.67. The highest BCUT2D eigenvalue weighted by Gasteiger charge is 2.16. The molecule has 3 aromatic heterocycles. The van der Waals surface area contributed by atoms with Crippen molar-refractivity contribution in [2.75, 3.05) is 10.0 Å². The number of thiazole rings is 1. The van der Waals surface area contributed by atoms with E-state index in [1.165, 1.54) is 23.5 Å². The third-order valence-corrected chi connectivity index (χ3v) is 6.16. The van der Waals surface area contributed by atoms with Gasteiger partial charge in [-0.05, 0) is 56.3 Å². The SMILES string of the molecule is Cc1cc(C)nc(NS(=O)(=O)c2ccc(Nc3nc(-c4ccccn4)cs3)cc2)n1. The maximum Gasteiger partial charge on any atom is 0.264 e. The maximum atomic E-state index is 12.6. The monoisotopic (exact) mass is 438 g/mol. The van der Waals surface area contributed by atoms with Crippen molar-refractivity contribution in [2.45, 2.75) is 18.7 Å². The lowest BCUT2D eigenvalue weighted by Gasteiger charge is -2.09. The zero-order valence-electron chi connectivity index (χ0n) is 16.2. The lowest BCUT2D eigenvalue weighted by Crippen LogP contribution is -2.15. The minimum atomic E-state index is -3.79. The molecule has 2 N–H and O–H groups in total. The van der Waals surface area contributed by atoms with Gasteiger partial charge in [0.25, 0.3) is 10.0 Å². The number of pyridine rings is 1. The molecular formula is C20H18N6O2S2. The summed E-state index contributed by atoms with van der Waals surface area (Å²) in [5.74, 6) is 0.0551. The summed E-state index contributed by atoms with van der Waals surface area (Å²) in [4.78, 5) is 17.2. The van der Waals surface area contributed by atoms with Gasteiger partial charge in [0, 0.05) is 28.7 Å². The van der Waals surface area contributed by atoms with Crippen LogP contribution in [-0.2, 0) is 10.0 Å². The Kier molecular flexibility index (Phi) is 5.42. The highest BCUT2D eigenvalue weighted by molar-refractivity contribution is 7.92. The number of rotatable bonds is 6. The predicted molar refractivity (Wildman–Crippen MR) is 117 cm³/mol. The van der Waals surface area contributed by atoms with Gasteiger partial charge in [0.2, 0.25) is 5.95 Å². The largest absolute Gasteiger partial charge is 0.332 e. The van der Waals surface area contributed by atoms with Crippen LogP contribution in [0.4, 0.5) is 16.8 Å². The van der Waals surface area contributed by atoms with Gasteiger partial charge in [-0.3, -0.25) is 4.98 Å². The first-order chi connectivity index (χ1) is 14.4. The second kappa shape index (κ2) is 8.17. The van der Waals surface area contributed by atoms with Crippen molar-refractivity contribution in [1.29, 1.82) is 0 Å². The van der Waals surface area contributed by atoms with Crippen molar-refractivity contribution >= 4 is 38.1 Å². The van der Waals surface area contributed by atoms with Crippen LogP contribution < -0.4 is 10.0 Å². The highest BCUT2D eigenvalue weighted by Crippen LogP contribution is 2.26. The van der Waals surface area contributed by atoms with Crippen molar-refractivity contribution in [3.8, 4) is 11.4 Å². The van der Waals surface area contributed by atoms with E-state index in [2.05, 4.69) is 30.0 Å². The third-order valence-electron chi connectivity index (χ3n) is 4.06. The van der Waals surface area contributed by atoms with Crippen LogP contribution in [0.2, 0.25) is 0 Å². The van der Waals surface area contributed by atoms with Crippen LogP contribution in [0.15, 0.2) is 65.0 Å². The van der Waals surface area contributed by atoms with Gasteiger partial charge in [-0.1, -0.05) is 6.07 Å². The number of aromatic nitrogens is 4. The van der Waals surface area contributed by atoms with Crippen LogP contribution in [0.3, 0.4) is 0 Å². The summed E-state index contributed by atoms with van der Waals surface area (Å²) in [5, 5.41) is 5.78. The number of hydrogen-bond donors (Lipinski definition) is 2. The molecule has 4 aromatic rings. The molecule has 0 radical (unpaired) electrons. The number of benzene rings is 1. The van der Waals surface area contributed by atoms with Crippen molar-refractivity contribution < 1.29 is 8.42 Å². The van der Waals surface area contributed by atoms with E-state index in [9.17, 15) is 8.42 Å². The van der Waals surface area contributed by atoms with Gasteiger partial charge >= 0.3 is 0 Å². The smallest absolute Gasteiger partial charge is 0.264 e. The molecule has 0 aliphatic rings. The molecule has 10 heteroatoms. The van der Waals surface area contributed by atoms with Gasteiger partial charge in [0.05, 0.1) is 10.6 Å². The quantitative estimate of drug-likeness (QED) is 0.465.